The molecule has 5 heteroatoms. The number of aryl methyl sites for hydroxylation is 2. The minimum atomic E-state index is 0.770. The quantitative estimate of drug-likeness (QED) is 0.547. The first-order valence-electron chi connectivity index (χ1n) is 10.7. The molecule has 2 aromatic carbocycles. The van der Waals surface area contributed by atoms with Gasteiger partial charge < -0.3 is 19.8 Å². The van der Waals surface area contributed by atoms with Crippen molar-refractivity contribution >= 4 is 42.3 Å². The molecule has 1 fully saturated rings. The van der Waals surface area contributed by atoms with Crippen LogP contribution in [0.25, 0.3) is 5.70 Å². The number of carbonyl (C=O) groups excluding carboxylic acids is 2. The van der Waals surface area contributed by atoms with E-state index in [1.165, 1.54) is 36.9 Å². The lowest BCUT2D eigenvalue weighted by atomic mass is 10.1. The lowest BCUT2D eigenvalue weighted by molar-refractivity contribution is -0.0987. The monoisotopic (exact) mass is 444 g/mol. The third-order valence-electron chi connectivity index (χ3n) is 4.97. The SMILES string of the molecule is C=C(Nc1ccc(C)c(Cl)c1)c1ccc(C)c(N2CCCCCC2)c1.C=O.C=O.CC. The number of anilines is 2. The van der Waals surface area contributed by atoms with Gasteiger partial charge >= 0.3 is 0 Å². The summed E-state index contributed by atoms with van der Waals surface area (Å²) in [6.45, 7) is 18.7. The second-order valence-electron chi connectivity index (χ2n) is 6.97. The average Bonchev–Trinajstić information content (AvgIpc) is 3.10. The van der Waals surface area contributed by atoms with E-state index in [0.29, 0.717) is 0 Å². The lowest BCUT2D eigenvalue weighted by Crippen LogP contribution is -2.24. The summed E-state index contributed by atoms with van der Waals surface area (Å²) in [5.41, 5.74) is 6.74. The van der Waals surface area contributed by atoms with Gasteiger partial charge in [-0.15, -0.1) is 0 Å². The van der Waals surface area contributed by atoms with Crippen LogP contribution < -0.4 is 10.2 Å². The van der Waals surface area contributed by atoms with E-state index in [-0.39, 0.29) is 0 Å². The number of carbonyl (C=O) groups is 2. The molecule has 0 atom stereocenters. The van der Waals surface area contributed by atoms with Gasteiger partial charge in [-0.1, -0.05) is 63.1 Å². The molecule has 1 aliphatic heterocycles. The molecule has 1 N–H and O–H groups in total. The molecule has 0 saturated carbocycles. The normalized spacial score (nSPS) is 12.5. The zero-order valence-electron chi connectivity index (χ0n) is 19.5. The third kappa shape index (κ3) is 8.97. The van der Waals surface area contributed by atoms with Crippen LogP contribution in [0.3, 0.4) is 0 Å². The molecule has 0 aromatic heterocycles. The molecule has 0 unspecified atom stereocenters. The van der Waals surface area contributed by atoms with Crippen LogP contribution in [0.4, 0.5) is 11.4 Å². The second-order valence-corrected chi connectivity index (χ2v) is 7.38. The minimum absolute atomic E-state index is 0.770. The topological polar surface area (TPSA) is 49.4 Å². The van der Waals surface area contributed by atoms with E-state index in [1.807, 2.05) is 52.5 Å². The maximum atomic E-state index is 8.00. The Labute approximate surface area is 193 Å². The Balaban J connectivity index is 0.00000138. The summed E-state index contributed by atoms with van der Waals surface area (Å²) in [5, 5.41) is 4.16. The van der Waals surface area contributed by atoms with Crippen molar-refractivity contribution in [1.82, 2.24) is 0 Å². The van der Waals surface area contributed by atoms with E-state index in [9.17, 15) is 0 Å². The number of hydrogen-bond donors (Lipinski definition) is 1. The molecular weight excluding hydrogens is 408 g/mol. The summed E-state index contributed by atoms with van der Waals surface area (Å²) >= 11 is 6.23. The van der Waals surface area contributed by atoms with Gasteiger partial charge in [0.1, 0.15) is 13.6 Å². The van der Waals surface area contributed by atoms with Crippen LogP contribution in [0.15, 0.2) is 43.0 Å². The fourth-order valence-corrected chi connectivity index (χ4v) is 3.55. The predicted octanol–water partition coefficient (Wildman–Crippen LogP) is 7.08. The maximum Gasteiger partial charge on any atom is 0.106 e. The molecule has 0 bridgehead atoms. The molecule has 3 rings (SSSR count). The zero-order chi connectivity index (χ0) is 23.8. The average molecular weight is 445 g/mol. The first kappa shape index (κ1) is 28.4. The van der Waals surface area contributed by atoms with Crippen molar-refractivity contribution in [2.45, 2.75) is 53.4 Å². The van der Waals surface area contributed by atoms with E-state index in [4.69, 9.17) is 21.2 Å². The highest BCUT2D eigenvalue weighted by Gasteiger charge is 2.13. The standard InChI is InChI=1S/C22H27ClN2.C2H6.2CH2O/c1-16-9-11-20(15-21(16)23)24-18(3)19-10-8-17(2)22(14-19)25-12-6-4-5-7-13-25;3*1-2/h8-11,14-15,24H,3-7,12-13H2,1-2H3;1-2H3;2*1H2. The number of rotatable bonds is 4. The van der Waals surface area contributed by atoms with E-state index in [1.54, 1.807) is 0 Å². The molecule has 1 saturated heterocycles. The van der Waals surface area contributed by atoms with Crippen molar-refractivity contribution in [1.29, 1.82) is 0 Å². The van der Waals surface area contributed by atoms with Crippen LogP contribution in [0.5, 0.6) is 0 Å². The van der Waals surface area contributed by atoms with Gasteiger partial charge in [0, 0.05) is 35.2 Å². The van der Waals surface area contributed by atoms with Crippen molar-refractivity contribution in [3.8, 4) is 0 Å². The first-order chi connectivity index (χ1) is 15.0. The van der Waals surface area contributed by atoms with Gasteiger partial charge in [0.05, 0.1) is 0 Å². The summed E-state index contributed by atoms with van der Waals surface area (Å²) < 4.78 is 0. The summed E-state index contributed by atoms with van der Waals surface area (Å²) in [7, 11) is 0. The van der Waals surface area contributed by atoms with E-state index >= 15 is 0 Å². The Kier molecular flexibility index (Phi) is 14.8. The summed E-state index contributed by atoms with van der Waals surface area (Å²) in [6, 6.07) is 12.6. The largest absolute Gasteiger partial charge is 0.371 e. The molecule has 0 amide bonds. The number of hydrogen-bond acceptors (Lipinski definition) is 4. The minimum Gasteiger partial charge on any atom is -0.371 e. The summed E-state index contributed by atoms with van der Waals surface area (Å²) in [4.78, 5) is 18.5. The van der Waals surface area contributed by atoms with Gasteiger partial charge in [0.15, 0.2) is 0 Å². The van der Waals surface area contributed by atoms with Crippen molar-refractivity contribution in [3.63, 3.8) is 0 Å². The van der Waals surface area contributed by atoms with Crippen LogP contribution in [-0.2, 0) is 9.59 Å². The van der Waals surface area contributed by atoms with Gasteiger partial charge in [-0.3, -0.25) is 0 Å². The molecule has 4 nitrogen and oxygen atoms in total. The predicted molar refractivity (Wildman–Crippen MR) is 136 cm³/mol. The van der Waals surface area contributed by atoms with Crippen molar-refractivity contribution in [3.05, 3.63) is 64.7 Å². The molecule has 1 aliphatic rings. The smallest absolute Gasteiger partial charge is 0.106 e. The van der Waals surface area contributed by atoms with Gasteiger partial charge in [0.2, 0.25) is 0 Å². The Morgan fingerprint density at radius 2 is 1.42 bits per heavy atom. The number of nitrogens with one attached hydrogen (secondary N) is 1. The zero-order valence-corrected chi connectivity index (χ0v) is 20.2. The van der Waals surface area contributed by atoms with Gasteiger partial charge in [-0.05, 0) is 61.6 Å². The number of benzene rings is 2. The summed E-state index contributed by atoms with van der Waals surface area (Å²) in [6.07, 6.45) is 5.25. The first-order valence-corrected chi connectivity index (χ1v) is 11.1. The second kappa shape index (κ2) is 16.1. The highest BCUT2D eigenvalue weighted by Crippen LogP contribution is 2.28. The van der Waals surface area contributed by atoms with Crippen molar-refractivity contribution in [2.75, 3.05) is 23.3 Å². The fraction of sp³-hybridized carbons (Fsp3) is 0.385. The van der Waals surface area contributed by atoms with E-state index < -0.39 is 0 Å². The highest BCUT2D eigenvalue weighted by atomic mass is 35.5. The lowest BCUT2D eigenvalue weighted by Gasteiger charge is -2.25. The Hall–Kier alpha value is -2.59. The van der Waals surface area contributed by atoms with Gasteiger partial charge in [0.25, 0.3) is 0 Å². The molecule has 170 valence electrons. The number of nitrogens with zero attached hydrogens (tertiary/aromatic N) is 1. The van der Waals surface area contributed by atoms with Gasteiger partial charge in [-0.2, -0.15) is 0 Å². The van der Waals surface area contributed by atoms with Crippen molar-refractivity contribution < 1.29 is 9.59 Å². The van der Waals surface area contributed by atoms with E-state index in [0.717, 1.165) is 40.6 Å². The Morgan fingerprint density at radius 3 is 1.97 bits per heavy atom. The van der Waals surface area contributed by atoms with Crippen LogP contribution in [0.1, 0.15) is 56.2 Å². The highest BCUT2D eigenvalue weighted by molar-refractivity contribution is 6.31. The molecule has 0 spiro atoms. The molecule has 31 heavy (non-hydrogen) atoms. The van der Waals surface area contributed by atoms with Crippen molar-refractivity contribution in [2.24, 2.45) is 0 Å². The molecule has 0 radical (unpaired) electrons. The number of halogens is 1. The van der Waals surface area contributed by atoms with Gasteiger partial charge in [-0.25, -0.2) is 0 Å². The third-order valence-corrected chi connectivity index (χ3v) is 5.38. The Morgan fingerprint density at radius 1 is 0.871 bits per heavy atom. The van der Waals surface area contributed by atoms with Crippen LogP contribution >= 0.6 is 11.6 Å². The van der Waals surface area contributed by atoms with Crippen LogP contribution in [0, 0.1) is 13.8 Å². The Bertz CT molecular complexity index is 798. The maximum absolute atomic E-state index is 8.00. The molecule has 1 heterocycles. The molecular formula is C26H37ClN2O2. The molecule has 0 aliphatic carbocycles. The summed E-state index contributed by atoms with van der Waals surface area (Å²) in [5.74, 6) is 0. The molecule has 2 aromatic rings. The fourth-order valence-electron chi connectivity index (χ4n) is 3.37. The van der Waals surface area contributed by atoms with E-state index in [2.05, 4.69) is 41.9 Å². The van der Waals surface area contributed by atoms with Crippen LogP contribution in [0.2, 0.25) is 5.02 Å². The van der Waals surface area contributed by atoms with Crippen LogP contribution in [-0.4, -0.2) is 26.7 Å².